The lowest BCUT2D eigenvalue weighted by Gasteiger charge is -2.12. The summed E-state index contributed by atoms with van der Waals surface area (Å²) in [6.45, 7) is 4.16. The maximum absolute atomic E-state index is 10.5. The molecule has 1 N–H and O–H groups in total. The molecule has 0 radical (unpaired) electrons. The van der Waals surface area contributed by atoms with E-state index in [-0.39, 0.29) is 5.69 Å². The Kier molecular flexibility index (Phi) is 3.06. The van der Waals surface area contributed by atoms with Crippen LogP contribution < -0.4 is 0 Å². The first kappa shape index (κ1) is 9.77. The number of hydrogen-bond donors (Lipinski definition) is 1. The van der Waals surface area contributed by atoms with Crippen molar-refractivity contribution in [2.24, 2.45) is 0 Å². The van der Waals surface area contributed by atoms with Gasteiger partial charge in [-0.3, -0.25) is 0 Å². The largest absolute Gasteiger partial charge is 0.476 e. The van der Waals surface area contributed by atoms with Crippen LogP contribution in [0.4, 0.5) is 0 Å². The average molecular weight is 182 g/mol. The van der Waals surface area contributed by atoms with Gasteiger partial charge in [0.25, 0.3) is 0 Å². The predicted molar refractivity (Wildman–Crippen MR) is 48.8 cm³/mol. The van der Waals surface area contributed by atoms with Gasteiger partial charge in [0, 0.05) is 12.2 Å². The van der Waals surface area contributed by atoms with Crippen molar-refractivity contribution in [3.63, 3.8) is 0 Å². The molecule has 0 aromatic carbocycles. The van der Waals surface area contributed by atoms with Crippen molar-refractivity contribution in [1.29, 1.82) is 0 Å². The maximum atomic E-state index is 10.5. The minimum atomic E-state index is -0.968. The molecule has 0 spiro atoms. The first-order valence-corrected chi connectivity index (χ1v) is 4.45. The van der Waals surface area contributed by atoms with Crippen LogP contribution in [-0.4, -0.2) is 20.6 Å². The van der Waals surface area contributed by atoms with E-state index in [2.05, 4.69) is 18.8 Å². The van der Waals surface area contributed by atoms with Gasteiger partial charge in [-0.05, 0) is 12.8 Å². The van der Waals surface area contributed by atoms with E-state index in [4.69, 9.17) is 5.11 Å². The van der Waals surface area contributed by atoms with Crippen LogP contribution in [0.3, 0.4) is 0 Å². The molecule has 72 valence electrons. The summed E-state index contributed by atoms with van der Waals surface area (Å²) in [5.41, 5.74) is 0.118. The van der Waals surface area contributed by atoms with Crippen LogP contribution in [0, 0.1) is 0 Å². The Morgan fingerprint density at radius 3 is 2.62 bits per heavy atom. The molecule has 1 rings (SSSR count). The molecule has 0 atom stereocenters. The number of carboxylic acid groups (broad SMARTS) is 1. The molecule has 0 saturated heterocycles. The van der Waals surface area contributed by atoms with E-state index in [9.17, 15) is 4.79 Å². The van der Waals surface area contributed by atoms with Gasteiger partial charge in [0.2, 0.25) is 0 Å². The number of carbonyl (C=O) groups is 1. The molecule has 0 bridgehead atoms. The maximum Gasteiger partial charge on any atom is 0.356 e. The van der Waals surface area contributed by atoms with Crippen molar-refractivity contribution in [2.75, 3.05) is 0 Å². The molecular formula is C9H14N2O2. The number of carboxylic acids is 1. The zero-order valence-electron chi connectivity index (χ0n) is 7.90. The Labute approximate surface area is 77.2 Å². The lowest BCUT2D eigenvalue weighted by Crippen LogP contribution is -2.04. The fourth-order valence-corrected chi connectivity index (χ4v) is 1.36. The Bertz CT molecular complexity index is 290. The Balaban J connectivity index is 2.84. The summed E-state index contributed by atoms with van der Waals surface area (Å²) >= 11 is 0. The van der Waals surface area contributed by atoms with Gasteiger partial charge in [-0.15, -0.1) is 0 Å². The summed E-state index contributed by atoms with van der Waals surface area (Å²) in [5, 5.41) is 8.65. The zero-order valence-corrected chi connectivity index (χ0v) is 7.90. The lowest BCUT2D eigenvalue weighted by molar-refractivity contribution is 0.0691. The van der Waals surface area contributed by atoms with E-state index < -0.39 is 5.97 Å². The van der Waals surface area contributed by atoms with Gasteiger partial charge in [0.15, 0.2) is 5.69 Å². The molecule has 0 aliphatic carbocycles. The highest BCUT2D eigenvalue weighted by Gasteiger charge is 2.10. The van der Waals surface area contributed by atoms with Crippen LogP contribution in [0.5, 0.6) is 0 Å². The molecule has 0 amide bonds. The molecule has 0 saturated carbocycles. The third-order valence-corrected chi connectivity index (χ3v) is 2.18. The monoisotopic (exact) mass is 182 g/mol. The van der Waals surface area contributed by atoms with Gasteiger partial charge < -0.3 is 9.67 Å². The summed E-state index contributed by atoms with van der Waals surface area (Å²) in [4.78, 5) is 14.3. The van der Waals surface area contributed by atoms with E-state index >= 15 is 0 Å². The second-order valence-electron chi connectivity index (χ2n) is 2.98. The fourth-order valence-electron chi connectivity index (χ4n) is 1.36. The molecule has 4 nitrogen and oxygen atoms in total. The van der Waals surface area contributed by atoms with E-state index in [0.29, 0.717) is 6.04 Å². The minimum Gasteiger partial charge on any atom is -0.476 e. The van der Waals surface area contributed by atoms with Crippen LogP contribution in [0.2, 0.25) is 0 Å². The molecule has 0 unspecified atom stereocenters. The van der Waals surface area contributed by atoms with Crippen LogP contribution in [0.1, 0.15) is 43.2 Å². The van der Waals surface area contributed by atoms with Crippen molar-refractivity contribution in [3.8, 4) is 0 Å². The van der Waals surface area contributed by atoms with Gasteiger partial charge in [-0.1, -0.05) is 13.8 Å². The molecule has 13 heavy (non-hydrogen) atoms. The third kappa shape index (κ3) is 2.08. The number of aromatic nitrogens is 2. The van der Waals surface area contributed by atoms with Crippen molar-refractivity contribution in [3.05, 3.63) is 18.2 Å². The molecule has 1 aromatic rings. The zero-order chi connectivity index (χ0) is 9.84. The van der Waals surface area contributed by atoms with Crippen LogP contribution >= 0.6 is 0 Å². The van der Waals surface area contributed by atoms with Gasteiger partial charge in [-0.25, -0.2) is 9.78 Å². The summed E-state index contributed by atoms with van der Waals surface area (Å²) < 4.78 is 1.86. The molecule has 1 aromatic heterocycles. The second-order valence-corrected chi connectivity index (χ2v) is 2.98. The molecule has 4 heteroatoms. The van der Waals surface area contributed by atoms with Gasteiger partial charge in [-0.2, -0.15) is 0 Å². The Morgan fingerprint density at radius 2 is 2.23 bits per heavy atom. The number of aromatic carboxylic acids is 1. The van der Waals surface area contributed by atoms with Gasteiger partial charge >= 0.3 is 5.97 Å². The SMILES string of the molecule is CCC(CC)n1cnc(C(=O)O)c1. The number of rotatable bonds is 4. The Morgan fingerprint density at radius 1 is 1.62 bits per heavy atom. The normalized spacial score (nSPS) is 10.7. The molecule has 0 fully saturated rings. The van der Waals surface area contributed by atoms with Crippen LogP contribution in [0.25, 0.3) is 0 Å². The van der Waals surface area contributed by atoms with E-state index in [1.807, 2.05) is 4.57 Å². The quantitative estimate of drug-likeness (QED) is 0.774. The third-order valence-electron chi connectivity index (χ3n) is 2.18. The topological polar surface area (TPSA) is 55.1 Å². The highest BCUT2D eigenvalue weighted by Crippen LogP contribution is 2.15. The minimum absolute atomic E-state index is 0.118. The number of hydrogen-bond acceptors (Lipinski definition) is 2. The smallest absolute Gasteiger partial charge is 0.356 e. The van der Waals surface area contributed by atoms with Crippen LogP contribution in [0.15, 0.2) is 12.5 Å². The summed E-state index contributed by atoms with van der Waals surface area (Å²) in [7, 11) is 0. The second kappa shape index (κ2) is 4.07. The first-order chi connectivity index (χ1) is 6.19. The van der Waals surface area contributed by atoms with Crippen molar-refractivity contribution in [1.82, 2.24) is 9.55 Å². The summed E-state index contributed by atoms with van der Waals surface area (Å²) in [5.74, 6) is -0.968. The molecule has 0 aliphatic heterocycles. The highest BCUT2D eigenvalue weighted by atomic mass is 16.4. The predicted octanol–water partition coefficient (Wildman–Crippen LogP) is 1.94. The fraction of sp³-hybridized carbons (Fsp3) is 0.556. The standard InChI is InChI=1S/C9H14N2O2/c1-3-7(4-2)11-5-8(9(12)13)10-6-11/h5-7H,3-4H2,1-2H3,(H,12,13). The number of imidazole rings is 1. The molecule has 1 heterocycles. The van der Waals surface area contributed by atoms with E-state index in [1.165, 1.54) is 0 Å². The molecular weight excluding hydrogens is 168 g/mol. The van der Waals surface area contributed by atoms with Crippen molar-refractivity contribution >= 4 is 5.97 Å². The van der Waals surface area contributed by atoms with Crippen LogP contribution in [-0.2, 0) is 0 Å². The first-order valence-electron chi connectivity index (χ1n) is 4.45. The van der Waals surface area contributed by atoms with Crippen molar-refractivity contribution < 1.29 is 9.90 Å². The summed E-state index contributed by atoms with van der Waals surface area (Å²) in [6, 6.07) is 0.362. The number of nitrogens with zero attached hydrogens (tertiary/aromatic N) is 2. The molecule has 0 aliphatic rings. The lowest BCUT2D eigenvalue weighted by atomic mass is 10.2. The average Bonchev–Trinajstić information content (AvgIpc) is 2.56. The van der Waals surface area contributed by atoms with E-state index in [0.717, 1.165) is 12.8 Å². The Hall–Kier alpha value is -1.32. The van der Waals surface area contributed by atoms with Gasteiger partial charge in [0.05, 0.1) is 6.33 Å². The van der Waals surface area contributed by atoms with E-state index in [1.54, 1.807) is 12.5 Å². The highest BCUT2D eigenvalue weighted by molar-refractivity contribution is 5.84. The van der Waals surface area contributed by atoms with Gasteiger partial charge in [0.1, 0.15) is 0 Å². The summed E-state index contributed by atoms with van der Waals surface area (Å²) in [6.07, 6.45) is 5.15. The van der Waals surface area contributed by atoms with Crippen molar-refractivity contribution in [2.45, 2.75) is 32.7 Å².